The van der Waals surface area contributed by atoms with Crippen LogP contribution in [-0.2, 0) is 7.05 Å². The number of aryl methyl sites for hydroxylation is 1. The summed E-state index contributed by atoms with van der Waals surface area (Å²) in [5, 5.41) is 9.30. The van der Waals surface area contributed by atoms with Crippen molar-refractivity contribution < 1.29 is 9.90 Å². The third kappa shape index (κ3) is 1.16. The van der Waals surface area contributed by atoms with E-state index in [1.807, 2.05) is 23.7 Å². The first-order chi connectivity index (χ1) is 7.70. The summed E-state index contributed by atoms with van der Waals surface area (Å²) in [6, 6.07) is 3.76. The molecular formula is C12H12N2O2. The van der Waals surface area contributed by atoms with Crippen molar-refractivity contribution in [2.24, 2.45) is 7.05 Å². The van der Waals surface area contributed by atoms with Crippen molar-refractivity contribution in [2.75, 3.05) is 0 Å². The SMILES string of the molecule is Cn1c(C2CC2)c(C(=O)O)c2ncccc21. The molecule has 0 aromatic carbocycles. The Bertz CT molecular complexity index is 582. The van der Waals surface area contributed by atoms with Gasteiger partial charge in [0.15, 0.2) is 0 Å². The highest BCUT2D eigenvalue weighted by molar-refractivity contribution is 6.03. The zero-order valence-electron chi connectivity index (χ0n) is 8.97. The Morgan fingerprint density at radius 3 is 2.94 bits per heavy atom. The smallest absolute Gasteiger partial charge is 0.339 e. The van der Waals surface area contributed by atoms with E-state index in [9.17, 15) is 9.90 Å². The van der Waals surface area contributed by atoms with Crippen LogP contribution in [0.5, 0.6) is 0 Å². The van der Waals surface area contributed by atoms with Crippen molar-refractivity contribution in [3.8, 4) is 0 Å². The van der Waals surface area contributed by atoms with E-state index in [0.29, 0.717) is 17.0 Å². The van der Waals surface area contributed by atoms with Gasteiger partial charge in [0.1, 0.15) is 11.1 Å². The molecule has 1 aliphatic rings. The van der Waals surface area contributed by atoms with Gasteiger partial charge in [-0.15, -0.1) is 0 Å². The molecule has 0 spiro atoms. The normalized spacial score (nSPS) is 15.6. The van der Waals surface area contributed by atoms with E-state index in [4.69, 9.17) is 0 Å². The minimum Gasteiger partial charge on any atom is -0.478 e. The van der Waals surface area contributed by atoms with E-state index >= 15 is 0 Å². The van der Waals surface area contributed by atoms with Gasteiger partial charge in [0.25, 0.3) is 0 Å². The quantitative estimate of drug-likeness (QED) is 0.836. The first-order valence-corrected chi connectivity index (χ1v) is 5.36. The van der Waals surface area contributed by atoms with Crippen LogP contribution in [0, 0.1) is 0 Å². The zero-order valence-corrected chi connectivity index (χ0v) is 8.97. The molecule has 1 saturated carbocycles. The molecule has 2 heterocycles. The highest BCUT2D eigenvalue weighted by Crippen LogP contribution is 2.44. The summed E-state index contributed by atoms with van der Waals surface area (Å²) in [4.78, 5) is 15.5. The van der Waals surface area contributed by atoms with Gasteiger partial charge in [-0.2, -0.15) is 0 Å². The number of carboxylic acid groups (broad SMARTS) is 1. The average molecular weight is 216 g/mol. The van der Waals surface area contributed by atoms with Gasteiger partial charge in [-0.1, -0.05) is 0 Å². The van der Waals surface area contributed by atoms with Crippen molar-refractivity contribution in [3.63, 3.8) is 0 Å². The fourth-order valence-electron chi connectivity index (χ4n) is 2.32. The molecule has 16 heavy (non-hydrogen) atoms. The first-order valence-electron chi connectivity index (χ1n) is 5.36. The van der Waals surface area contributed by atoms with Gasteiger partial charge in [-0.3, -0.25) is 4.98 Å². The van der Waals surface area contributed by atoms with Crippen LogP contribution in [-0.4, -0.2) is 20.6 Å². The van der Waals surface area contributed by atoms with Crippen LogP contribution in [0.4, 0.5) is 0 Å². The summed E-state index contributed by atoms with van der Waals surface area (Å²) < 4.78 is 1.98. The molecule has 3 rings (SSSR count). The van der Waals surface area contributed by atoms with Gasteiger partial charge in [0.2, 0.25) is 0 Å². The molecule has 0 saturated heterocycles. The molecular weight excluding hydrogens is 204 g/mol. The summed E-state index contributed by atoms with van der Waals surface area (Å²) in [6.45, 7) is 0. The lowest BCUT2D eigenvalue weighted by molar-refractivity contribution is 0.0697. The van der Waals surface area contributed by atoms with Crippen LogP contribution < -0.4 is 0 Å². The van der Waals surface area contributed by atoms with Crippen LogP contribution in [0.25, 0.3) is 11.0 Å². The molecule has 1 N–H and O–H groups in total. The first kappa shape index (κ1) is 9.39. The van der Waals surface area contributed by atoms with Crippen molar-refractivity contribution >= 4 is 17.0 Å². The number of pyridine rings is 1. The standard InChI is InChI=1S/C12H12N2O2/c1-14-8-3-2-6-13-10(8)9(12(15)16)11(14)7-4-5-7/h2-3,6-7H,4-5H2,1H3,(H,15,16). The molecule has 4 heteroatoms. The fraction of sp³-hybridized carbons (Fsp3) is 0.333. The van der Waals surface area contributed by atoms with Crippen LogP contribution in [0.2, 0.25) is 0 Å². The van der Waals surface area contributed by atoms with Crippen LogP contribution in [0.3, 0.4) is 0 Å². The largest absolute Gasteiger partial charge is 0.478 e. The predicted molar refractivity (Wildman–Crippen MR) is 59.6 cm³/mol. The molecule has 0 atom stereocenters. The number of nitrogens with zero attached hydrogens (tertiary/aromatic N) is 2. The minimum absolute atomic E-state index is 0.389. The minimum atomic E-state index is -0.869. The summed E-state index contributed by atoms with van der Waals surface area (Å²) >= 11 is 0. The Morgan fingerprint density at radius 2 is 2.31 bits per heavy atom. The number of fused-ring (bicyclic) bond motifs is 1. The van der Waals surface area contributed by atoms with E-state index in [1.165, 1.54) is 0 Å². The second kappa shape index (κ2) is 3.07. The van der Waals surface area contributed by atoms with Crippen LogP contribution in [0.1, 0.15) is 34.8 Å². The molecule has 1 fully saturated rings. The Hall–Kier alpha value is -1.84. The second-order valence-corrected chi connectivity index (χ2v) is 4.27. The number of aromatic carboxylic acids is 1. The van der Waals surface area contributed by atoms with Gasteiger partial charge < -0.3 is 9.67 Å². The maximum Gasteiger partial charge on any atom is 0.339 e. The van der Waals surface area contributed by atoms with Crippen LogP contribution in [0.15, 0.2) is 18.3 Å². The Balaban J connectivity index is 2.41. The summed E-state index contributed by atoms with van der Waals surface area (Å²) in [6.07, 6.45) is 3.82. The number of carboxylic acids is 1. The maximum absolute atomic E-state index is 11.3. The Labute approximate surface area is 92.5 Å². The molecule has 0 bridgehead atoms. The van der Waals surface area contributed by atoms with Gasteiger partial charge in [-0.05, 0) is 25.0 Å². The molecule has 0 unspecified atom stereocenters. The van der Waals surface area contributed by atoms with Gasteiger partial charge in [-0.25, -0.2) is 4.79 Å². The highest BCUT2D eigenvalue weighted by Gasteiger charge is 2.33. The van der Waals surface area contributed by atoms with Crippen molar-refractivity contribution in [1.29, 1.82) is 0 Å². The summed E-state index contributed by atoms with van der Waals surface area (Å²) in [5.74, 6) is -0.462. The zero-order chi connectivity index (χ0) is 11.3. The molecule has 82 valence electrons. The Morgan fingerprint density at radius 1 is 1.56 bits per heavy atom. The van der Waals surface area contributed by atoms with E-state index in [1.54, 1.807) is 6.20 Å². The molecule has 2 aromatic heterocycles. The van der Waals surface area contributed by atoms with Gasteiger partial charge in [0.05, 0.1) is 5.52 Å². The average Bonchev–Trinajstić information content (AvgIpc) is 3.05. The number of aromatic nitrogens is 2. The van der Waals surface area contributed by atoms with E-state index < -0.39 is 5.97 Å². The molecule has 0 amide bonds. The van der Waals surface area contributed by atoms with Crippen LogP contribution >= 0.6 is 0 Å². The molecule has 1 aliphatic carbocycles. The number of rotatable bonds is 2. The third-order valence-electron chi connectivity index (χ3n) is 3.18. The van der Waals surface area contributed by atoms with E-state index in [-0.39, 0.29) is 0 Å². The summed E-state index contributed by atoms with van der Waals surface area (Å²) in [5.41, 5.74) is 2.84. The highest BCUT2D eigenvalue weighted by atomic mass is 16.4. The predicted octanol–water partition coefficient (Wildman–Crippen LogP) is 2.15. The maximum atomic E-state index is 11.3. The number of hydrogen-bond acceptors (Lipinski definition) is 2. The van der Waals surface area contributed by atoms with Gasteiger partial charge >= 0.3 is 5.97 Å². The topological polar surface area (TPSA) is 55.1 Å². The lowest BCUT2D eigenvalue weighted by Gasteiger charge is -2.02. The number of hydrogen-bond donors (Lipinski definition) is 1. The molecule has 2 aromatic rings. The van der Waals surface area contributed by atoms with Crippen molar-refractivity contribution in [2.45, 2.75) is 18.8 Å². The van der Waals surface area contributed by atoms with Gasteiger partial charge in [0, 0.05) is 24.9 Å². The van der Waals surface area contributed by atoms with Crippen molar-refractivity contribution in [3.05, 3.63) is 29.6 Å². The van der Waals surface area contributed by atoms with E-state index in [0.717, 1.165) is 24.1 Å². The van der Waals surface area contributed by atoms with Crippen molar-refractivity contribution in [1.82, 2.24) is 9.55 Å². The lowest BCUT2D eigenvalue weighted by atomic mass is 10.1. The van der Waals surface area contributed by atoms with E-state index in [2.05, 4.69) is 4.98 Å². The fourth-order valence-corrected chi connectivity index (χ4v) is 2.32. The monoisotopic (exact) mass is 216 g/mol. The molecule has 0 radical (unpaired) electrons. The Kier molecular flexibility index (Phi) is 1.80. The molecule has 0 aliphatic heterocycles. The summed E-state index contributed by atoms with van der Waals surface area (Å²) in [7, 11) is 1.92. The number of carbonyl (C=O) groups is 1. The lowest BCUT2D eigenvalue weighted by Crippen LogP contribution is -2.03. The third-order valence-corrected chi connectivity index (χ3v) is 3.18. The molecule has 4 nitrogen and oxygen atoms in total. The second-order valence-electron chi connectivity index (χ2n) is 4.27.